The molecule has 2 amide bonds. The van der Waals surface area contributed by atoms with Crippen LogP contribution in [0, 0.1) is 6.92 Å². The van der Waals surface area contributed by atoms with Gasteiger partial charge in [-0.2, -0.15) is 0 Å². The van der Waals surface area contributed by atoms with Gasteiger partial charge in [0.05, 0.1) is 0 Å². The largest absolute Gasteiger partial charge is 0.322 e. The topological polar surface area (TPSA) is 32.3 Å². The van der Waals surface area contributed by atoms with E-state index in [1.807, 2.05) is 4.90 Å². The third kappa shape index (κ3) is 4.10. The zero-order chi connectivity index (χ0) is 18.2. The fourth-order valence-electron chi connectivity index (χ4n) is 3.35. The lowest BCUT2D eigenvalue weighted by atomic mass is 9.79. The molecule has 2 aromatic rings. The molecule has 3 rings (SSSR count). The maximum absolute atomic E-state index is 12.8. The summed E-state index contributed by atoms with van der Waals surface area (Å²) in [6.07, 6.45) is 0.910. The number of carbonyl (C=O) groups excluding carboxylic acids is 1. The molecular weight excluding hydrogens is 355 g/mol. The summed E-state index contributed by atoms with van der Waals surface area (Å²) in [6, 6.07) is 11.4. The van der Waals surface area contributed by atoms with E-state index >= 15 is 0 Å². The zero-order valence-corrected chi connectivity index (χ0v) is 16.2. The monoisotopic (exact) mass is 376 g/mol. The van der Waals surface area contributed by atoms with Gasteiger partial charge in [0.2, 0.25) is 0 Å². The summed E-state index contributed by atoms with van der Waals surface area (Å²) in [6.45, 7) is 7.84. The Balaban J connectivity index is 1.84. The van der Waals surface area contributed by atoms with Crippen LogP contribution in [-0.2, 0) is 12.0 Å². The Morgan fingerprint density at radius 3 is 2.48 bits per heavy atom. The minimum atomic E-state index is -0.136. The number of halogens is 2. The van der Waals surface area contributed by atoms with E-state index in [-0.39, 0.29) is 11.4 Å². The molecule has 1 aliphatic rings. The molecule has 0 bridgehead atoms. The smallest absolute Gasteiger partial charge is 0.320 e. The number of urea groups is 1. The van der Waals surface area contributed by atoms with E-state index in [2.05, 4.69) is 44.3 Å². The fraction of sp³-hybridized carbons (Fsp3) is 0.350. The number of anilines is 1. The van der Waals surface area contributed by atoms with Crippen LogP contribution in [0.1, 0.15) is 37.0 Å². The molecule has 0 aromatic heterocycles. The lowest BCUT2D eigenvalue weighted by Gasteiger charge is -2.25. The number of hydrogen-bond donors (Lipinski definition) is 1. The van der Waals surface area contributed by atoms with Crippen LogP contribution in [0.2, 0.25) is 10.0 Å². The molecule has 0 saturated carbocycles. The van der Waals surface area contributed by atoms with Gasteiger partial charge in [-0.3, -0.25) is 0 Å². The predicted octanol–water partition coefficient (Wildman–Crippen LogP) is 6.02. The second kappa shape index (κ2) is 6.89. The van der Waals surface area contributed by atoms with E-state index in [4.69, 9.17) is 23.2 Å². The van der Waals surface area contributed by atoms with Crippen LogP contribution in [0.3, 0.4) is 0 Å². The fourth-order valence-corrected chi connectivity index (χ4v) is 3.88. The molecule has 0 fully saturated rings. The van der Waals surface area contributed by atoms with E-state index in [0.29, 0.717) is 28.8 Å². The summed E-state index contributed by atoms with van der Waals surface area (Å²) in [7, 11) is 0. The average molecular weight is 377 g/mol. The van der Waals surface area contributed by atoms with E-state index in [1.165, 1.54) is 16.7 Å². The van der Waals surface area contributed by atoms with Crippen molar-refractivity contribution in [3.8, 4) is 0 Å². The molecule has 1 N–H and O–H groups in total. The first-order valence-corrected chi connectivity index (χ1v) is 9.12. The number of nitrogens with zero attached hydrogens (tertiary/aromatic N) is 1. The van der Waals surface area contributed by atoms with Gasteiger partial charge < -0.3 is 10.2 Å². The highest BCUT2D eigenvalue weighted by Crippen LogP contribution is 2.34. The van der Waals surface area contributed by atoms with E-state index in [9.17, 15) is 4.79 Å². The van der Waals surface area contributed by atoms with Crippen LogP contribution >= 0.6 is 23.2 Å². The summed E-state index contributed by atoms with van der Waals surface area (Å²) in [5.74, 6) is 0. The van der Waals surface area contributed by atoms with Crippen molar-refractivity contribution < 1.29 is 4.79 Å². The molecule has 5 heteroatoms. The Kier molecular flexibility index (Phi) is 4.99. The maximum atomic E-state index is 12.8. The van der Waals surface area contributed by atoms with Gasteiger partial charge >= 0.3 is 6.03 Å². The van der Waals surface area contributed by atoms with Gasteiger partial charge in [0.25, 0.3) is 0 Å². The quantitative estimate of drug-likeness (QED) is 0.648. The minimum Gasteiger partial charge on any atom is -0.320 e. The second-order valence-electron chi connectivity index (χ2n) is 7.30. The van der Waals surface area contributed by atoms with Gasteiger partial charge in [-0.1, -0.05) is 60.8 Å². The van der Waals surface area contributed by atoms with Crippen molar-refractivity contribution in [2.24, 2.45) is 0 Å². The Labute approximate surface area is 158 Å². The van der Waals surface area contributed by atoms with Crippen LogP contribution in [0.15, 0.2) is 36.4 Å². The molecule has 25 heavy (non-hydrogen) atoms. The Morgan fingerprint density at radius 2 is 1.80 bits per heavy atom. The number of nitrogens with one attached hydrogen (secondary N) is 1. The summed E-state index contributed by atoms with van der Waals surface area (Å²) in [5.41, 5.74) is 4.38. The van der Waals surface area contributed by atoms with Crippen molar-refractivity contribution >= 4 is 34.9 Å². The van der Waals surface area contributed by atoms with Crippen molar-refractivity contribution in [3.63, 3.8) is 0 Å². The van der Waals surface area contributed by atoms with E-state index in [0.717, 1.165) is 6.42 Å². The molecule has 2 aromatic carbocycles. The normalized spacial score (nSPS) is 16.1. The zero-order valence-electron chi connectivity index (χ0n) is 14.7. The standard InChI is InChI=1S/C20H22Cl2N2O/c1-13-4-5-18-14(8-13)12-24(7-6-20(18,2)3)19(25)23-17-10-15(21)9-16(22)11-17/h4-5,8-11H,6-7,12H2,1-3H3,(H,23,25). The lowest BCUT2D eigenvalue weighted by molar-refractivity contribution is 0.207. The van der Waals surface area contributed by atoms with Gasteiger partial charge in [0.1, 0.15) is 0 Å². The number of benzene rings is 2. The highest BCUT2D eigenvalue weighted by Gasteiger charge is 2.30. The number of carbonyl (C=O) groups is 1. The van der Waals surface area contributed by atoms with Crippen LogP contribution in [0.4, 0.5) is 10.5 Å². The number of aryl methyl sites for hydroxylation is 1. The van der Waals surface area contributed by atoms with E-state index < -0.39 is 0 Å². The van der Waals surface area contributed by atoms with Crippen molar-refractivity contribution in [1.82, 2.24) is 4.90 Å². The molecule has 3 nitrogen and oxygen atoms in total. The Bertz CT molecular complexity index is 797. The molecule has 1 aliphatic heterocycles. The lowest BCUT2D eigenvalue weighted by Crippen LogP contribution is -2.35. The molecule has 0 radical (unpaired) electrons. The summed E-state index contributed by atoms with van der Waals surface area (Å²) in [4.78, 5) is 14.6. The number of hydrogen-bond acceptors (Lipinski definition) is 1. The predicted molar refractivity (Wildman–Crippen MR) is 105 cm³/mol. The summed E-state index contributed by atoms with van der Waals surface area (Å²) >= 11 is 12.0. The molecule has 0 saturated heterocycles. The number of rotatable bonds is 1. The maximum Gasteiger partial charge on any atom is 0.322 e. The first kappa shape index (κ1) is 18.1. The SMILES string of the molecule is Cc1ccc2c(c1)CN(C(=O)Nc1cc(Cl)cc(Cl)c1)CCC2(C)C. The van der Waals surface area contributed by atoms with Gasteiger partial charge in [-0.25, -0.2) is 4.79 Å². The third-order valence-electron chi connectivity index (χ3n) is 4.76. The summed E-state index contributed by atoms with van der Waals surface area (Å²) in [5, 5.41) is 3.91. The van der Waals surface area contributed by atoms with Crippen molar-refractivity contribution in [1.29, 1.82) is 0 Å². The molecular formula is C20H22Cl2N2O. The van der Waals surface area contributed by atoms with Gasteiger partial charge in [-0.15, -0.1) is 0 Å². The van der Waals surface area contributed by atoms with Gasteiger partial charge in [-0.05, 0) is 48.1 Å². The van der Waals surface area contributed by atoms with E-state index in [1.54, 1.807) is 18.2 Å². The third-order valence-corrected chi connectivity index (χ3v) is 5.20. The van der Waals surface area contributed by atoms with Crippen LogP contribution in [0.25, 0.3) is 0 Å². The van der Waals surface area contributed by atoms with Gasteiger partial charge in [0.15, 0.2) is 0 Å². The molecule has 0 unspecified atom stereocenters. The number of fused-ring (bicyclic) bond motifs is 1. The number of amides is 2. The second-order valence-corrected chi connectivity index (χ2v) is 8.18. The highest BCUT2D eigenvalue weighted by molar-refractivity contribution is 6.35. The molecule has 132 valence electrons. The first-order chi connectivity index (χ1) is 11.7. The van der Waals surface area contributed by atoms with Crippen LogP contribution < -0.4 is 5.32 Å². The minimum absolute atomic E-state index is 0.0391. The summed E-state index contributed by atoms with van der Waals surface area (Å²) < 4.78 is 0. The average Bonchev–Trinajstić information content (AvgIpc) is 2.62. The first-order valence-electron chi connectivity index (χ1n) is 8.37. The Morgan fingerprint density at radius 1 is 1.12 bits per heavy atom. The van der Waals surface area contributed by atoms with Crippen molar-refractivity contribution in [2.45, 2.75) is 39.2 Å². The molecule has 0 atom stereocenters. The highest BCUT2D eigenvalue weighted by atomic mass is 35.5. The van der Waals surface area contributed by atoms with Crippen LogP contribution in [-0.4, -0.2) is 17.5 Å². The molecule has 0 aliphatic carbocycles. The van der Waals surface area contributed by atoms with Crippen molar-refractivity contribution in [2.75, 3.05) is 11.9 Å². The Hall–Kier alpha value is -1.71. The molecule has 0 spiro atoms. The van der Waals surface area contributed by atoms with Crippen molar-refractivity contribution in [3.05, 3.63) is 63.1 Å². The van der Waals surface area contributed by atoms with Crippen LogP contribution in [0.5, 0.6) is 0 Å². The van der Waals surface area contributed by atoms with Gasteiger partial charge in [0, 0.05) is 28.8 Å². The molecule has 1 heterocycles.